The Morgan fingerprint density at radius 2 is 1.80 bits per heavy atom. The number of aromatic nitrogens is 4. The Balaban J connectivity index is 1.90. The normalized spacial score (nSPS) is 18.2. The molecule has 3 aromatic rings. The summed E-state index contributed by atoms with van der Waals surface area (Å²) >= 11 is 0. The van der Waals surface area contributed by atoms with Crippen molar-refractivity contribution in [1.82, 2.24) is 24.6 Å². The molecule has 152 valence electrons. The molecule has 1 N–H and O–H groups in total. The van der Waals surface area contributed by atoms with E-state index in [2.05, 4.69) is 15.1 Å². The molecule has 8 nitrogen and oxygen atoms in total. The molecule has 0 aliphatic carbocycles. The van der Waals surface area contributed by atoms with E-state index in [-0.39, 0.29) is 17.9 Å². The molecule has 1 aliphatic rings. The van der Waals surface area contributed by atoms with E-state index in [1.54, 1.807) is 68.6 Å². The van der Waals surface area contributed by atoms with E-state index in [1.807, 2.05) is 6.07 Å². The van der Waals surface area contributed by atoms with Crippen LogP contribution in [0.15, 0.2) is 54.6 Å². The molecule has 1 saturated heterocycles. The maximum Gasteiger partial charge on any atom is 0.295 e. The molecule has 0 spiro atoms. The average molecular weight is 403 g/mol. The fourth-order valence-corrected chi connectivity index (χ4v) is 3.87. The Kier molecular flexibility index (Phi) is 4.91. The first kappa shape index (κ1) is 19.5. The van der Waals surface area contributed by atoms with Gasteiger partial charge in [-0.1, -0.05) is 12.1 Å². The van der Waals surface area contributed by atoms with Crippen LogP contribution in [0.2, 0.25) is 0 Å². The highest BCUT2D eigenvalue weighted by Gasteiger charge is 2.46. The highest BCUT2D eigenvalue weighted by molar-refractivity contribution is 6.46. The lowest BCUT2D eigenvalue weighted by Gasteiger charge is -2.25. The van der Waals surface area contributed by atoms with Crippen molar-refractivity contribution < 1.29 is 14.7 Å². The van der Waals surface area contributed by atoms with E-state index in [9.17, 15) is 14.7 Å². The predicted octanol–water partition coefficient (Wildman–Crippen LogP) is 2.45. The number of aryl methyl sites for hydroxylation is 2. The summed E-state index contributed by atoms with van der Waals surface area (Å²) in [5, 5.41) is 15.5. The van der Waals surface area contributed by atoms with Gasteiger partial charge >= 0.3 is 0 Å². The summed E-state index contributed by atoms with van der Waals surface area (Å²) in [5.74, 6) is -1.62. The van der Waals surface area contributed by atoms with Crippen LogP contribution >= 0.6 is 0 Å². The highest BCUT2D eigenvalue weighted by atomic mass is 16.3. The number of rotatable bonds is 4. The fraction of sp³-hybridized carbons (Fsp3) is 0.227. The lowest BCUT2D eigenvalue weighted by atomic mass is 9.95. The zero-order chi connectivity index (χ0) is 21.4. The van der Waals surface area contributed by atoms with Gasteiger partial charge in [0, 0.05) is 44.1 Å². The van der Waals surface area contributed by atoms with E-state index < -0.39 is 17.7 Å². The standard InChI is InChI=1S/C22H21N5O3/c1-13-17(14(2)26(3)25-13)20(28)18-19(16-7-5-9-24-11-16)27(22(30)21(18)29)12-15-6-4-8-23-10-15/h4-11,19,28H,12H2,1-3H3/t19-/m1/s1. The summed E-state index contributed by atoms with van der Waals surface area (Å²) in [6.07, 6.45) is 6.51. The van der Waals surface area contributed by atoms with Gasteiger partial charge in [0.15, 0.2) is 0 Å². The Hall–Kier alpha value is -3.81. The predicted molar refractivity (Wildman–Crippen MR) is 109 cm³/mol. The molecular weight excluding hydrogens is 382 g/mol. The van der Waals surface area contributed by atoms with Crippen molar-refractivity contribution in [1.29, 1.82) is 0 Å². The van der Waals surface area contributed by atoms with Gasteiger partial charge in [-0.05, 0) is 37.1 Å². The van der Waals surface area contributed by atoms with Gasteiger partial charge in [-0.2, -0.15) is 5.10 Å². The van der Waals surface area contributed by atoms with Crippen LogP contribution in [0.1, 0.15) is 34.1 Å². The molecule has 0 bridgehead atoms. The Labute approximate surface area is 173 Å². The van der Waals surface area contributed by atoms with Crippen LogP contribution in [0.4, 0.5) is 0 Å². The minimum atomic E-state index is -0.766. The number of aliphatic hydroxyl groups is 1. The number of carbonyl (C=O) groups is 2. The largest absolute Gasteiger partial charge is 0.507 e. The first-order chi connectivity index (χ1) is 14.4. The summed E-state index contributed by atoms with van der Waals surface area (Å²) in [4.78, 5) is 35.7. The molecule has 1 atom stereocenters. The van der Waals surface area contributed by atoms with Gasteiger partial charge in [0.05, 0.1) is 22.9 Å². The number of likely N-dealkylation sites (tertiary alicyclic amines) is 1. The average Bonchev–Trinajstić information content (AvgIpc) is 3.15. The van der Waals surface area contributed by atoms with Crippen LogP contribution in [-0.2, 0) is 23.2 Å². The fourth-order valence-electron chi connectivity index (χ4n) is 3.87. The molecule has 1 fully saturated rings. The van der Waals surface area contributed by atoms with Crippen molar-refractivity contribution in [3.63, 3.8) is 0 Å². The number of Topliss-reactive ketones (excluding diaryl/α,β-unsaturated/α-hetero) is 1. The van der Waals surface area contributed by atoms with Crippen LogP contribution in [0.3, 0.4) is 0 Å². The lowest BCUT2D eigenvalue weighted by Crippen LogP contribution is -2.29. The SMILES string of the molecule is Cc1nn(C)c(C)c1C(O)=C1C(=O)C(=O)N(Cc2cccnc2)[C@@H]1c1cccnc1. The molecule has 3 aromatic heterocycles. The van der Waals surface area contributed by atoms with Crippen molar-refractivity contribution in [3.8, 4) is 0 Å². The molecule has 8 heteroatoms. The van der Waals surface area contributed by atoms with Crippen LogP contribution in [0.25, 0.3) is 5.76 Å². The third-order valence-electron chi connectivity index (χ3n) is 5.36. The van der Waals surface area contributed by atoms with Crippen LogP contribution in [0.5, 0.6) is 0 Å². The van der Waals surface area contributed by atoms with Crippen molar-refractivity contribution in [2.45, 2.75) is 26.4 Å². The van der Waals surface area contributed by atoms with Crippen LogP contribution in [0, 0.1) is 13.8 Å². The quantitative estimate of drug-likeness (QED) is 0.408. The second kappa shape index (κ2) is 7.55. The summed E-state index contributed by atoms with van der Waals surface area (Å²) in [5.41, 5.74) is 3.20. The van der Waals surface area contributed by atoms with E-state index in [4.69, 9.17) is 0 Å². The minimum absolute atomic E-state index is 0.0380. The molecular formula is C22H21N5O3. The number of amides is 1. The topological polar surface area (TPSA) is 101 Å². The highest BCUT2D eigenvalue weighted by Crippen LogP contribution is 2.40. The maximum atomic E-state index is 13.1. The molecule has 0 unspecified atom stereocenters. The number of hydrogen-bond donors (Lipinski definition) is 1. The van der Waals surface area contributed by atoms with Crippen LogP contribution in [-0.4, -0.2) is 41.4 Å². The number of pyridine rings is 2. The lowest BCUT2D eigenvalue weighted by molar-refractivity contribution is -0.140. The molecule has 4 rings (SSSR count). The van der Waals surface area contributed by atoms with Gasteiger partial charge in [-0.15, -0.1) is 0 Å². The molecule has 1 amide bonds. The molecule has 0 aromatic carbocycles. The maximum absolute atomic E-state index is 13.1. The van der Waals surface area contributed by atoms with Crippen molar-refractivity contribution in [2.24, 2.45) is 7.05 Å². The third-order valence-corrected chi connectivity index (χ3v) is 5.36. The van der Waals surface area contributed by atoms with E-state index >= 15 is 0 Å². The smallest absolute Gasteiger partial charge is 0.295 e. The van der Waals surface area contributed by atoms with Gasteiger partial charge in [0.1, 0.15) is 5.76 Å². The number of nitrogens with zero attached hydrogens (tertiary/aromatic N) is 5. The van der Waals surface area contributed by atoms with E-state index in [0.717, 1.165) is 5.56 Å². The van der Waals surface area contributed by atoms with Gasteiger partial charge in [0.25, 0.3) is 11.7 Å². The van der Waals surface area contributed by atoms with Gasteiger partial charge in [-0.25, -0.2) is 0 Å². The van der Waals surface area contributed by atoms with E-state index in [0.29, 0.717) is 22.5 Å². The van der Waals surface area contributed by atoms with Gasteiger partial charge in [-0.3, -0.25) is 24.2 Å². The zero-order valence-electron chi connectivity index (χ0n) is 16.9. The second-order valence-electron chi connectivity index (χ2n) is 7.24. The van der Waals surface area contributed by atoms with Crippen LogP contribution < -0.4 is 0 Å². The third kappa shape index (κ3) is 3.16. The number of hydrogen-bond acceptors (Lipinski definition) is 6. The summed E-state index contributed by atoms with van der Waals surface area (Å²) in [6.45, 7) is 3.74. The minimum Gasteiger partial charge on any atom is -0.507 e. The van der Waals surface area contributed by atoms with Crippen molar-refractivity contribution in [3.05, 3.63) is 82.7 Å². The number of carbonyl (C=O) groups excluding carboxylic acids is 2. The Bertz CT molecular complexity index is 1150. The Morgan fingerprint density at radius 3 is 2.37 bits per heavy atom. The molecule has 30 heavy (non-hydrogen) atoms. The molecule has 1 aliphatic heterocycles. The van der Waals surface area contributed by atoms with Gasteiger partial charge < -0.3 is 10.0 Å². The molecule has 0 saturated carbocycles. The second-order valence-corrected chi connectivity index (χ2v) is 7.24. The van der Waals surface area contributed by atoms with Crippen molar-refractivity contribution in [2.75, 3.05) is 0 Å². The first-order valence-electron chi connectivity index (χ1n) is 9.48. The molecule has 4 heterocycles. The number of aliphatic hydroxyl groups excluding tert-OH is 1. The van der Waals surface area contributed by atoms with Crippen molar-refractivity contribution >= 4 is 17.4 Å². The summed E-state index contributed by atoms with van der Waals surface area (Å²) < 4.78 is 1.63. The monoisotopic (exact) mass is 403 g/mol. The number of ketones is 1. The molecule has 0 radical (unpaired) electrons. The summed E-state index contributed by atoms with van der Waals surface area (Å²) in [6, 6.07) is 6.36. The Morgan fingerprint density at radius 1 is 1.10 bits per heavy atom. The van der Waals surface area contributed by atoms with Gasteiger partial charge in [0.2, 0.25) is 0 Å². The zero-order valence-corrected chi connectivity index (χ0v) is 16.9. The first-order valence-corrected chi connectivity index (χ1v) is 9.48. The van der Waals surface area contributed by atoms with E-state index in [1.165, 1.54) is 4.90 Å². The summed E-state index contributed by atoms with van der Waals surface area (Å²) in [7, 11) is 1.76.